The SMILES string of the molecule is CC(C)COC(=O)CC(C(=O)OCC(C)C)C(Cl)(Cl)Cl. The van der Waals surface area contributed by atoms with Gasteiger partial charge < -0.3 is 9.47 Å². The topological polar surface area (TPSA) is 52.6 Å². The molecular formula is C13H21Cl3O4. The van der Waals surface area contributed by atoms with Gasteiger partial charge in [0, 0.05) is 0 Å². The first-order chi connectivity index (χ1) is 9.04. The van der Waals surface area contributed by atoms with Crippen molar-refractivity contribution in [3.8, 4) is 0 Å². The van der Waals surface area contributed by atoms with Crippen molar-refractivity contribution in [2.24, 2.45) is 17.8 Å². The lowest BCUT2D eigenvalue weighted by Gasteiger charge is -2.22. The zero-order chi connectivity index (χ0) is 15.9. The predicted octanol–water partition coefficient (Wildman–Crippen LogP) is 3.76. The van der Waals surface area contributed by atoms with Gasteiger partial charge in [-0.1, -0.05) is 62.5 Å². The molecular weight excluding hydrogens is 326 g/mol. The molecule has 0 saturated heterocycles. The zero-order valence-corrected chi connectivity index (χ0v) is 14.4. The molecule has 0 N–H and O–H groups in total. The van der Waals surface area contributed by atoms with E-state index in [-0.39, 0.29) is 31.5 Å². The molecule has 0 spiro atoms. The van der Waals surface area contributed by atoms with Crippen LogP contribution >= 0.6 is 34.8 Å². The summed E-state index contributed by atoms with van der Waals surface area (Å²) < 4.78 is 8.09. The van der Waals surface area contributed by atoms with Crippen LogP contribution in [0, 0.1) is 17.8 Å². The largest absolute Gasteiger partial charge is 0.465 e. The van der Waals surface area contributed by atoms with E-state index in [0.717, 1.165) is 0 Å². The number of esters is 2. The lowest BCUT2D eigenvalue weighted by Crippen LogP contribution is -2.33. The van der Waals surface area contributed by atoms with Gasteiger partial charge in [-0.2, -0.15) is 0 Å². The molecule has 0 aliphatic carbocycles. The Bertz CT molecular complexity index is 324. The normalized spacial score (nSPS) is 13.4. The fourth-order valence-corrected chi connectivity index (χ4v) is 1.67. The Hall–Kier alpha value is -0.190. The molecule has 1 unspecified atom stereocenters. The molecule has 0 bridgehead atoms. The van der Waals surface area contributed by atoms with Crippen LogP contribution in [0.15, 0.2) is 0 Å². The van der Waals surface area contributed by atoms with Crippen molar-refractivity contribution < 1.29 is 19.1 Å². The first-order valence-corrected chi connectivity index (χ1v) is 7.56. The molecule has 0 rings (SSSR count). The molecule has 0 radical (unpaired) electrons. The quantitative estimate of drug-likeness (QED) is 0.520. The highest BCUT2D eigenvalue weighted by Crippen LogP contribution is 2.38. The molecule has 118 valence electrons. The second-order valence-corrected chi connectivity index (χ2v) is 7.77. The molecule has 20 heavy (non-hydrogen) atoms. The van der Waals surface area contributed by atoms with Crippen molar-refractivity contribution in [2.45, 2.75) is 37.9 Å². The van der Waals surface area contributed by atoms with E-state index in [1.807, 2.05) is 27.7 Å². The van der Waals surface area contributed by atoms with Gasteiger partial charge in [0.2, 0.25) is 3.79 Å². The predicted molar refractivity (Wildman–Crippen MR) is 80.0 cm³/mol. The minimum atomic E-state index is -1.91. The number of carbonyl (C=O) groups excluding carboxylic acids is 2. The van der Waals surface area contributed by atoms with Gasteiger partial charge in [-0.15, -0.1) is 0 Å². The van der Waals surface area contributed by atoms with Crippen LogP contribution in [-0.4, -0.2) is 28.9 Å². The Kier molecular flexibility index (Phi) is 8.87. The van der Waals surface area contributed by atoms with Crippen LogP contribution in [0.5, 0.6) is 0 Å². The zero-order valence-electron chi connectivity index (χ0n) is 12.1. The molecule has 4 nitrogen and oxygen atoms in total. The number of hydrogen-bond acceptors (Lipinski definition) is 4. The summed E-state index contributed by atoms with van der Waals surface area (Å²) in [5, 5.41) is 0. The van der Waals surface area contributed by atoms with E-state index in [0.29, 0.717) is 0 Å². The molecule has 0 aromatic carbocycles. The number of alkyl halides is 3. The van der Waals surface area contributed by atoms with E-state index >= 15 is 0 Å². The molecule has 0 aliphatic rings. The third kappa shape index (κ3) is 8.88. The van der Waals surface area contributed by atoms with Gasteiger partial charge in [0.25, 0.3) is 0 Å². The van der Waals surface area contributed by atoms with E-state index < -0.39 is 21.6 Å². The smallest absolute Gasteiger partial charge is 0.313 e. The van der Waals surface area contributed by atoms with Crippen molar-refractivity contribution >= 4 is 46.7 Å². The van der Waals surface area contributed by atoms with Gasteiger partial charge in [-0.05, 0) is 11.8 Å². The minimum absolute atomic E-state index is 0.155. The van der Waals surface area contributed by atoms with E-state index in [1.165, 1.54) is 0 Å². The molecule has 0 aromatic rings. The second-order valence-electron chi connectivity index (χ2n) is 5.40. The standard InChI is InChI=1S/C13H21Cl3O4/c1-8(2)6-19-11(17)5-10(13(14,15)16)12(18)20-7-9(3)4/h8-10H,5-7H2,1-4H3. The Morgan fingerprint density at radius 3 is 1.80 bits per heavy atom. The van der Waals surface area contributed by atoms with Gasteiger partial charge in [-0.3, -0.25) is 9.59 Å². The lowest BCUT2D eigenvalue weighted by atomic mass is 10.1. The first-order valence-electron chi connectivity index (χ1n) is 6.43. The van der Waals surface area contributed by atoms with Gasteiger partial charge in [0.1, 0.15) is 5.92 Å². The maximum Gasteiger partial charge on any atom is 0.313 e. The molecule has 0 aliphatic heterocycles. The van der Waals surface area contributed by atoms with Crippen LogP contribution in [0.3, 0.4) is 0 Å². The van der Waals surface area contributed by atoms with E-state index in [2.05, 4.69) is 0 Å². The fraction of sp³-hybridized carbons (Fsp3) is 0.846. The Morgan fingerprint density at radius 2 is 1.40 bits per heavy atom. The van der Waals surface area contributed by atoms with Crippen LogP contribution in [-0.2, 0) is 19.1 Å². The molecule has 1 atom stereocenters. The summed E-state index contributed by atoms with van der Waals surface area (Å²) in [6.45, 7) is 8.03. The molecule has 0 fully saturated rings. The number of hydrogen-bond donors (Lipinski definition) is 0. The lowest BCUT2D eigenvalue weighted by molar-refractivity contribution is -0.156. The van der Waals surface area contributed by atoms with E-state index in [9.17, 15) is 9.59 Å². The van der Waals surface area contributed by atoms with Crippen molar-refractivity contribution in [1.82, 2.24) is 0 Å². The monoisotopic (exact) mass is 346 g/mol. The maximum atomic E-state index is 11.9. The number of ether oxygens (including phenoxy) is 2. The number of halogens is 3. The van der Waals surface area contributed by atoms with Crippen molar-refractivity contribution in [2.75, 3.05) is 13.2 Å². The highest BCUT2D eigenvalue weighted by Gasteiger charge is 2.41. The summed E-state index contributed by atoms with van der Waals surface area (Å²) in [6.07, 6.45) is -0.319. The Balaban J connectivity index is 4.58. The third-order valence-corrected chi connectivity index (χ3v) is 2.98. The average Bonchev–Trinajstić information content (AvgIpc) is 2.28. The maximum absolute atomic E-state index is 11.9. The molecule has 0 amide bonds. The Labute approximate surface area is 135 Å². The molecule has 0 saturated carbocycles. The van der Waals surface area contributed by atoms with Crippen molar-refractivity contribution in [1.29, 1.82) is 0 Å². The van der Waals surface area contributed by atoms with Crippen LogP contribution in [0.25, 0.3) is 0 Å². The van der Waals surface area contributed by atoms with Crippen molar-refractivity contribution in [3.05, 3.63) is 0 Å². The summed E-state index contributed by atoms with van der Waals surface area (Å²) in [4.78, 5) is 23.5. The molecule has 7 heteroatoms. The fourth-order valence-electron chi connectivity index (χ4n) is 1.17. The third-order valence-electron chi connectivity index (χ3n) is 2.19. The highest BCUT2D eigenvalue weighted by molar-refractivity contribution is 6.68. The minimum Gasteiger partial charge on any atom is -0.465 e. The van der Waals surface area contributed by atoms with Gasteiger partial charge in [-0.25, -0.2) is 0 Å². The van der Waals surface area contributed by atoms with Crippen LogP contribution in [0.1, 0.15) is 34.1 Å². The highest BCUT2D eigenvalue weighted by atomic mass is 35.6. The van der Waals surface area contributed by atoms with Crippen LogP contribution in [0.4, 0.5) is 0 Å². The molecule has 0 heterocycles. The molecule has 0 aromatic heterocycles. The van der Waals surface area contributed by atoms with Crippen molar-refractivity contribution in [3.63, 3.8) is 0 Å². The van der Waals surface area contributed by atoms with Gasteiger partial charge >= 0.3 is 11.9 Å². The summed E-state index contributed by atoms with van der Waals surface area (Å²) >= 11 is 17.2. The van der Waals surface area contributed by atoms with Crippen LogP contribution < -0.4 is 0 Å². The number of rotatable bonds is 7. The summed E-state index contributed by atoms with van der Waals surface area (Å²) in [5.74, 6) is -2.12. The van der Waals surface area contributed by atoms with E-state index in [1.54, 1.807) is 0 Å². The summed E-state index contributed by atoms with van der Waals surface area (Å²) in [5.41, 5.74) is 0. The van der Waals surface area contributed by atoms with Gasteiger partial charge in [0.05, 0.1) is 19.6 Å². The number of carbonyl (C=O) groups is 2. The summed E-state index contributed by atoms with van der Waals surface area (Å²) in [7, 11) is 0. The van der Waals surface area contributed by atoms with Crippen LogP contribution in [0.2, 0.25) is 0 Å². The van der Waals surface area contributed by atoms with Gasteiger partial charge in [0.15, 0.2) is 0 Å². The Morgan fingerprint density at radius 1 is 0.950 bits per heavy atom. The first kappa shape index (κ1) is 19.8. The second kappa shape index (κ2) is 8.96. The van der Waals surface area contributed by atoms with E-state index in [4.69, 9.17) is 44.3 Å². The average molecular weight is 348 g/mol. The summed E-state index contributed by atoms with van der Waals surface area (Å²) in [6, 6.07) is 0.